The number of rotatable bonds is 1. The van der Waals surface area contributed by atoms with Crippen molar-refractivity contribution in [3.63, 3.8) is 0 Å². The van der Waals surface area contributed by atoms with Gasteiger partial charge < -0.3 is 19.3 Å². The van der Waals surface area contributed by atoms with Gasteiger partial charge in [-0.2, -0.15) is 0 Å². The molecule has 0 aromatic rings. The lowest BCUT2D eigenvalue weighted by molar-refractivity contribution is -0.278. The quantitative estimate of drug-likeness (QED) is 0.691. The minimum Gasteiger partial charge on any atom is -0.462 e. The van der Waals surface area contributed by atoms with Crippen molar-refractivity contribution in [2.24, 2.45) is 39.9 Å². The van der Waals surface area contributed by atoms with Gasteiger partial charge in [0.1, 0.15) is 6.10 Å². The Hall–Kier alpha value is -1.14. The van der Waals surface area contributed by atoms with E-state index < -0.39 is 24.1 Å². The number of aliphatic hydroxyl groups is 1. The molecule has 0 aromatic carbocycles. The monoisotopic (exact) mass is 392 g/mol. The van der Waals surface area contributed by atoms with Crippen LogP contribution in [-0.2, 0) is 23.8 Å². The van der Waals surface area contributed by atoms with Crippen LogP contribution in [0.5, 0.6) is 0 Å². The van der Waals surface area contributed by atoms with E-state index in [2.05, 4.69) is 20.8 Å². The summed E-state index contributed by atoms with van der Waals surface area (Å²) in [5, 5.41) is 11.2. The Kier molecular flexibility index (Phi) is 3.85. The topological polar surface area (TPSA) is 82.1 Å². The van der Waals surface area contributed by atoms with E-state index in [1.807, 2.05) is 0 Å². The highest BCUT2D eigenvalue weighted by Crippen LogP contribution is 2.73. The zero-order valence-corrected chi connectivity index (χ0v) is 17.3. The van der Waals surface area contributed by atoms with Gasteiger partial charge in [-0.25, -0.2) is 0 Å². The molecule has 3 saturated carbocycles. The van der Waals surface area contributed by atoms with E-state index >= 15 is 0 Å². The van der Waals surface area contributed by atoms with E-state index in [9.17, 15) is 14.7 Å². The molecule has 5 fully saturated rings. The van der Waals surface area contributed by atoms with Crippen LogP contribution in [0.15, 0.2) is 0 Å². The van der Waals surface area contributed by atoms with Gasteiger partial charge in [0, 0.05) is 12.8 Å². The highest BCUT2D eigenvalue weighted by Gasteiger charge is 2.78. The second-order valence-electron chi connectivity index (χ2n) is 10.8. The lowest BCUT2D eigenvalue weighted by Gasteiger charge is -2.67. The van der Waals surface area contributed by atoms with Gasteiger partial charge in [0.15, 0.2) is 6.29 Å². The molecule has 0 bridgehead atoms. The number of hydrogen-bond donors (Lipinski definition) is 1. The second-order valence-corrected chi connectivity index (χ2v) is 10.8. The minimum atomic E-state index is -1.07. The van der Waals surface area contributed by atoms with E-state index in [4.69, 9.17) is 14.2 Å². The Bertz CT molecular complexity index is 718. The molecule has 1 spiro atoms. The molecule has 3 aliphatic carbocycles. The maximum Gasteiger partial charge on any atom is 0.311 e. The number of fused-ring (bicyclic) bond motifs is 2. The molecule has 6 nitrogen and oxygen atoms in total. The first-order valence-corrected chi connectivity index (χ1v) is 10.8. The van der Waals surface area contributed by atoms with Crippen molar-refractivity contribution in [1.82, 2.24) is 0 Å². The first-order valence-electron chi connectivity index (χ1n) is 10.8. The molecule has 0 amide bonds. The molecule has 5 rings (SSSR count). The number of ether oxygens (including phenoxy) is 3. The number of aliphatic hydroxyl groups excluding tert-OH is 1. The fourth-order valence-corrected chi connectivity index (χ4v) is 8.45. The largest absolute Gasteiger partial charge is 0.462 e. The van der Waals surface area contributed by atoms with Crippen molar-refractivity contribution in [2.45, 2.75) is 84.9 Å². The Morgan fingerprint density at radius 3 is 2.64 bits per heavy atom. The molecule has 156 valence electrons. The van der Waals surface area contributed by atoms with Crippen molar-refractivity contribution in [2.75, 3.05) is 0 Å². The number of hydrogen-bond acceptors (Lipinski definition) is 6. The number of carbonyl (C=O) groups is 2. The van der Waals surface area contributed by atoms with Crippen LogP contribution in [0, 0.1) is 39.9 Å². The summed E-state index contributed by atoms with van der Waals surface area (Å²) in [5.74, 6) is -0.530. The van der Waals surface area contributed by atoms with Gasteiger partial charge in [0.25, 0.3) is 0 Å². The minimum absolute atomic E-state index is 0.0221. The molecule has 1 N–H and O–H groups in total. The molecule has 0 aromatic heterocycles. The summed E-state index contributed by atoms with van der Waals surface area (Å²) in [5.41, 5.74) is -0.589. The molecular formula is C22H32O6. The predicted molar refractivity (Wildman–Crippen MR) is 98.5 cm³/mol. The normalized spacial score (nSPS) is 53.6. The Labute approximate surface area is 166 Å². The molecular weight excluding hydrogens is 360 g/mol. The molecule has 9 atom stereocenters. The predicted octanol–water partition coefficient (Wildman–Crippen LogP) is 3.01. The highest BCUT2D eigenvalue weighted by atomic mass is 16.8. The summed E-state index contributed by atoms with van der Waals surface area (Å²) < 4.78 is 17.3. The smallest absolute Gasteiger partial charge is 0.311 e. The summed E-state index contributed by atoms with van der Waals surface area (Å²) >= 11 is 0. The molecule has 5 aliphatic rings. The van der Waals surface area contributed by atoms with E-state index in [0.29, 0.717) is 12.3 Å². The van der Waals surface area contributed by atoms with E-state index in [1.54, 1.807) is 0 Å². The van der Waals surface area contributed by atoms with Crippen LogP contribution < -0.4 is 0 Å². The number of esters is 2. The van der Waals surface area contributed by atoms with Crippen molar-refractivity contribution >= 4 is 11.9 Å². The van der Waals surface area contributed by atoms with Crippen LogP contribution in [0.4, 0.5) is 0 Å². The molecule has 28 heavy (non-hydrogen) atoms. The molecule has 2 heterocycles. The third-order valence-corrected chi connectivity index (χ3v) is 9.29. The zero-order chi connectivity index (χ0) is 20.1. The van der Waals surface area contributed by atoms with Crippen LogP contribution in [0.3, 0.4) is 0 Å². The third-order valence-electron chi connectivity index (χ3n) is 9.29. The highest BCUT2D eigenvalue weighted by molar-refractivity contribution is 5.76. The fraction of sp³-hybridized carbons (Fsp3) is 0.909. The van der Waals surface area contributed by atoms with Gasteiger partial charge in [-0.1, -0.05) is 27.2 Å². The SMILES string of the molecule is CC(=O)O[C@@H]1CC2C(C)(C)CCC[C@]2(C)C2CC[C@H]3C(=O)O[C@H]4O[C@@H](O)[C@]21[C@H]43. The van der Waals surface area contributed by atoms with E-state index in [1.165, 1.54) is 6.92 Å². The average Bonchev–Trinajstić information content (AvgIpc) is 3.06. The summed E-state index contributed by atoms with van der Waals surface area (Å²) in [6, 6.07) is 0. The Morgan fingerprint density at radius 1 is 1.18 bits per heavy atom. The van der Waals surface area contributed by atoms with Gasteiger partial charge in [-0.15, -0.1) is 0 Å². The van der Waals surface area contributed by atoms with E-state index in [-0.39, 0.29) is 40.5 Å². The fourth-order valence-electron chi connectivity index (χ4n) is 8.45. The molecule has 6 heteroatoms. The first-order chi connectivity index (χ1) is 13.1. The van der Waals surface area contributed by atoms with Crippen molar-refractivity contribution in [1.29, 1.82) is 0 Å². The van der Waals surface area contributed by atoms with Crippen LogP contribution in [0.1, 0.15) is 66.2 Å². The summed E-state index contributed by atoms with van der Waals surface area (Å²) in [6.45, 7) is 8.46. The molecule has 2 unspecified atom stereocenters. The zero-order valence-electron chi connectivity index (χ0n) is 17.3. The van der Waals surface area contributed by atoms with Crippen molar-refractivity contribution in [3.05, 3.63) is 0 Å². The van der Waals surface area contributed by atoms with Gasteiger partial charge in [-0.3, -0.25) is 9.59 Å². The van der Waals surface area contributed by atoms with E-state index in [0.717, 1.165) is 32.1 Å². The first kappa shape index (κ1) is 18.9. The maximum atomic E-state index is 12.5. The lowest BCUT2D eigenvalue weighted by atomic mass is 9.37. The van der Waals surface area contributed by atoms with Crippen LogP contribution in [-0.4, -0.2) is 35.7 Å². The van der Waals surface area contributed by atoms with Crippen LogP contribution >= 0.6 is 0 Å². The van der Waals surface area contributed by atoms with Crippen LogP contribution in [0.2, 0.25) is 0 Å². The van der Waals surface area contributed by atoms with Gasteiger partial charge in [0.05, 0.1) is 11.3 Å². The summed E-state index contributed by atoms with van der Waals surface area (Å²) in [4.78, 5) is 24.6. The lowest BCUT2D eigenvalue weighted by Crippen LogP contribution is -2.68. The standard InChI is InChI=1S/C22H32O6/c1-11(23)26-15-10-14-20(2,3)8-5-9-21(14,4)13-7-6-12-16-18(27-17(12)24)28-19(25)22(13,15)16/h12-16,18-19,25H,5-10H2,1-4H3/t12-,13?,14?,15-,16+,18+,19-,21-,22-/m1/s1. The van der Waals surface area contributed by atoms with Crippen LogP contribution in [0.25, 0.3) is 0 Å². The van der Waals surface area contributed by atoms with Gasteiger partial charge in [0.2, 0.25) is 6.29 Å². The molecule has 2 saturated heterocycles. The third kappa shape index (κ3) is 2.11. The molecule has 2 aliphatic heterocycles. The van der Waals surface area contributed by atoms with Crippen molar-refractivity contribution < 1.29 is 28.9 Å². The molecule has 0 radical (unpaired) electrons. The average molecular weight is 392 g/mol. The Balaban J connectivity index is 1.68. The van der Waals surface area contributed by atoms with Gasteiger partial charge in [-0.05, 0) is 54.8 Å². The maximum absolute atomic E-state index is 12.5. The summed E-state index contributed by atoms with van der Waals surface area (Å²) in [7, 11) is 0. The Morgan fingerprint density at radius 2 is 1.93 bits per heavy atom. The second kappa shape index (κ2) is 5.72. The van der Waals surface area contributed by atoms with Crippen molar-refractivity contribution in [3.8, 4) is 0 Å². The number of carbonyl (C=O) groups excluding carboxylic acids is 2. The van der Waals surface area contributed by atoms with Gasteiger partial charge >= 0.3 is 11.9 Å². The summed E-state index contributed by atoms with van der Waals surface area (Å²) in [6.07, 6.45) is 3.49.